The highest BCUT2D eigenvalue weighted by molar-refractivity contribution is 5.52. The maximum atomic E-state index is 14.1. The molecule has 1 N–H and O–H groups in total. The molecule has 112 valence electrons. The number of piperazine rings is 1. The van der Waals surface area contributed by atoms with Crippen LogP contribution in [0.5, 0.6) is 5.75 Å². The molecule has 0 aromatic heterocycles. The van der Waals surface area contributed by atoms with E-state index in [1.54, 1.807) is 4.90 Å². The molecule has 1 aliphatic heterocycles. The van der Waals surface area contributed by atoms with Crippen molar-refractivity contribution >= 4 is 5.69 Å². The van der Waals surface area contributed by atoms with E-state index in [1.165, 1.54) is 12.1 Å². The minimum atomic E-state index is -0.585. The molecule has 0 unspecified atom stereocenters. The molecule has 6 heteroatoms. The van der Waals surface area contributed by atoms with Crippen molar-refractivity contribution in [3.63, 3.8) is 0 Å². The van der Waals surface area contributed by atoms with Crippen LogP contribution in [0.2, 0.25) is 0 Å². The maximum absolute atomic E-state index is 14.1. The van der Waals surface area contributed by atoms with Crippen LogP contribution in [-0.2, 0) is 4.74 Å². The van der Waals surface area contributed by atoms with Crippen molar-refractivity contribution in [2.75, 3.05) is 50.9 Å². The van der Waals surface area contributed by atoms with Crippen molar-refractivity contribution in [1.82, 2.24) is 5.32 Å². The second-order valence-electron chi connectivity index (χ2n) is 4.52. The van der Waals surface area contributed by atoms with Crippen LogP contribution < -0.4 is 15.0 Å². The molecule has 1 saturated heterocycles. The fourth-order valence-electron chi connectivity index (χ4n) is 2.18. The zero-order chi connectivity index (χ0) is 14.4. The monoisotopic (exact) mass is 286 g/mol. The topological polar surface area (TPSA) is 33.7 Å². The van der Waals surface area contributed by atoms with Gasteiger partial charge in [0.05, 0.1) is 6.61 Å². The molecule has 2 rings (SSSR count). The van der Waals surface area contributed by atoms with Crippen molar-refractivity contribution in [2.45, 2.75) is 6.92 Å². The quantitative estimate of drug-likeness (QED) is 0.808. The highest BCUT2D eigenvalue weighted by Gasteiger charge is 2.20. The molecule has 0 atom stereocenters. The number of hydrogen-bond acceptors (Lipinski definition) is 4. The Labute approximate surface area is 117 Å². The van der Waals surface area contributed by atoms with E-state index in [2.05, 4.69) is 5.32 Å². The lowest BCUT2D eigenvalue weighted by Crippen LogP contribution is -2.44. The van der Waals surface area contributed by atoms with Crippen LogP contribution in [-0.4, -0.2) is 46.0 Å². The molecule has 4 nitrogen and oxygen atoms in total. The van der Waals surface area contributed by atoms with Crippen LogP contribution in [0.1, 0.15) is 6.92 Å². The molecule has 1 aliphatic rings. The molecule has 20 heavy (non-hydrogen) atoms. The number of benzene rings is 1. The van der Waals surface area contributed by atoms with Crippen LogP contribution in [0.4, 0.5) is 14.5 Å². The Kier molecular flexibility index (Phi) is 5.55. The average Bonchev–Trinajstić information content (AvgIpc) is 2.44. The molecule has 1 aromatic carbocycles. The summed E-state index contributed by atoms with van der Waals surface area (Å²) >= 11 is 0. The van der Waals surface area contributed by atoms with Gasteiger partial charge in [-0.15, -0.1) is 0 Å². The molecule has 0 amide bonds. The summed E-state index contributed by atoms with van der Waals surface area (Å²) < 4.78 is 38.5. The second kappa shape index (κ2) is 7.40. The molecule has 1 fully saturated rings. The number of halogens is 2. The van der Waals surface area contributed by atoms with E-state index >= 15 is 0 Å². The average molecular weight is 286 g/mol. The summed E-state index contributed by atoms with van der Waals surface area (Å²) in [4.78, 5) is 1.71. The summed E-state index contributed by atoms with van der Waals surface area (Å²) in [5.74, 6) is -0.977. The van der Waals surface area contributed by atoms with Crippen LogP contribution >= 0.6 is 0 Å². The molecule has 0 bridgehead atoms. The van der Waals surface area contributed by atoms with Gasteiger partial charge in [-0.3, -0.25) is 0 Å². The van der Waals surface area contributed by atoms with E-state index in [1.807, 2.05) is 6.92 Å². The van der Waals surface area contributed by atoms with E-state index < -0.39 is 11.6 Å². The van der Waals surface area contributed by atoms with Gasteiger partial charge in [-0.25, -0.2) is 8.78 Å². The summed E-state index contributed by atoms with van der Waals surface area (Å²) in [5.41, 5.74) is 0.0312. The minimum absolute atomic E-state index is 0.0312. The van der Waals surface area contributed by atoms with E-state index in [0.29, 0.717) is 26.3 Å². The normalized spacial score (nSPS) is 15.4. The third kappa shape index (κ3) is 3.80. The number of rotatable bonds is 6. The third-order valence-electron chi connectivity index (χ3n) is 3.12. The van der Waals surface area contributed by atoms with Crippen molar-refractivity contribution < 1.29 is 18.3 Å². The summed E-state index contributed by atoms with van der Waals surface area (Å²) in [7, 11) is 0. The molecule has 0 radical (unpaired) electrons. The molecule has 0 spiro atoms. The lowest BCUT2D eigenvalue weighted by molar-refractivity contribution is 0.110. The van der Waals surface area contributed by atoms with Crippen molar-refractivity contribution in [1.29, 1.82) is 0 Å². The van der Waals surface area contributed by atoms with E-state index in [4.69, 9.17) is 9.47 Å². The van der Waals surface area contributed by atoms with Gasteiger partial charge < -0.3 is 19.7 Å². The Morgan fingerprint density at radius 3 is 2.40 bits per heavy atom. The third-order valence-corrected chi connectivity index (χ3v) is 3.12. The molecule has 0 aliphatic carbocycles. The van der Waals surface area contributed by atoms with Gasteiger partial charge in [-0.05, 0) is 6.92 Å². The van der Waals surface area contributed by atoms with Gasteiger partial charge in [0.2, 0.25) is 0 Å². The fraction of sp³-hybridized carbons (Fsp3) is 0.571. The molecular formula is C14H20F2N2O2. The SMILES string of the molecule is CCOCCOc1cc(F)c(N2CCNCC2)c(F)c1. The fourth-order valence-corrected chi connectivity index (χ4v) is 2.18. The first kappa shape index (κ1) is 15.0. The smallest absolute Gasteiger partial charge is 0.153 e. The predicted molar refractivity (Wildman–Crippen MR) is 73.4 cm³/mol. The predicted octanol–water partition coefficient (Wildman–Crippen LogP) is 1.79. The van der Waals surface area contributed by atoms with Gasteiger partial charge in [0.1, 0.15) is 18.0 Å². The Morgan fingerprint density at radius 1 is 1.15 bits per heavy atom. The zero-order valence-corrected chi connectivity index (χ0v) is 11.6. The van der Waals surface area contributed by atoms with Gasteiger partial charge >= 0.3 is 0 Å². The summed E-state index contributed by atoms with van der Waals surface area (Å²) in [6.07, 6.45) is 0. The standard InChI is InChI=1S/C14H20F2N2O2/c1-2-19-7-8-20-11-9-12(15)14(13(16)10-11)18-5-3-17-4-6-18/h9-10,17H,2-8H2,1H3. The number of nitrogens with zero attached hydrogens (tertiary/aromatic N) is 1. The minimum Gasteiger partial charge on any atom is -0.491 e. The van der Waals surface area contributed by atoms with Gasteiger partial charge in [0, 0.05) is 44.9 Å². The van der Waals surface area contributed by atoms with Crippen LogP contribution in [0.25, 0.3) is 0 Å². The highest BCUT2D eigenvalue weighted by Crippen LogP contribution is 2.28. The second-order valence-corrected chi connectivity index (χ2v) is 4.52. The van der Waals surface area contributed by atoms with Gasteiger partial charge in [-0.1, -0.05) is 0 Å². The lowest BCUT2D eigenvalue weighted by Gasteiger charge is -2.30. The molecule has 1 heterocycles. The molecule has 1 aromatic rings. The number of nitrogens with one attached hydrogen (secondary N) is 1. The van der Waals surface area contributed by atoms with Crippen molar-refractivity contribution in [2.24, 2.45) is 0 Å². The molecular weight excluding hydrogens is 266 g/mol. The van der Waals surface area contributed by atoms with Crippen LogP contribution in [0, 0.1) is 11.6 Å². The van der Waals surface area contributed by atoms with E-state index in [9.17, 15) is 8.78 Å². The van der Waals surface area contributed by atoms with Gasteiger partial charge in [0.25, 0.3) is 0 Å². The van der Waals surface area contributed by atoms with E-state index in [0.717, 1.165) is 13.1 Å². The van der Waals surface area contributed by atoms with Gasteiger partial charge in [0.15, 0.2) is 11.6 Å². The summed E-state index contributed by atoms with van der Waals surface area (Å²) in [6.45, 7) is 5.79. The van der Waals surface area contributed by atoms with Crippen molar-refractivity contribution in [3.05, 3.63) is 23.8 Å². The number of hydrogen-bond donors (Lipinski definition) is 1. The largest absolute Gasteiger partial charge is 0.491 e. The van der Waals surface area contributed by atoms with Gasteiger partial charge in [-0.2, -0.15) is 0 Å². The number of ether oxygens (including phenoxy) is 2. The lowest BCUT2D eigenvalue weighted by atomic mass is 10.2. The Morgan fingerprint density at radius 2 is 1.80 bits per heavy atom. The summed E-state index contributed by atoms with van der Waals surface area (Å²) in [5, 5.41) is 3.15. The summed E-state index contributed by atoms with van der Waals surface area (Å²) in [6, 6.07) is 2.46. The first-order valence-electron chi connectivity index (χ1n) is 6.87. The first-order valence-corrected chi connectivity index (χ1v) is 6.87. The number of anilines is 1. The van der Waals surface area contributed by atoms with Crippen LogP contribution in [0.3, 0.4) is 0 Å². The molecule has 0 saturated carbocycles. The van der Waals surface area contributed by atoms with Crippen LogP contribution in [0.15, 0.2) is 12.1 Å². The maximum Gasteiger partial charge on any atom is 0.153 e. The van der Waals surface area contributed by atoms with Crippen molar-refractivity contribution in [3.8, 4) is 5.75 Å². The Bertz CT molecular complexity index is 414. The Balaban J connectivity index is 2.04. The zero-order valence-electron chi connectivity index (χ0n) is 11.6. The first-order chi connectivity index (χ1) is 9.72. The Hall–Kier alpha value is -1.40. The van der Waals surface area contributed by atoms with E-state index in [-0.39, 0.29) is 18.0 Å². The highest BCUT2D eigenvalue weighted by atomic mass is 19.1.